The van der Waals surface area contributed by atoms with Gasteiger partial charge in [-0.3, -0.25) is 9.59 Å². The van der Waals surface area contributed by atoms with Gasteiger partial charge in [-0.25, -0.2) is 0 Å². The molecular formula is C94H157NO8. The minimum atomic E-state index is -1.63. The minimum Gasteiger partial charge on any atom is -0.545 e. The number of ether oxygens (including phenoxy) is 4. The second-order valence-electron chi connectivity index (χ2n) is 29.0. The molecule has 0 bridgehead atoms. The molecule has 0 aromatic heterocycles. The summed E-state index contributed by atoms with van der Waals surface area (Å²) in [5.74, 6) is -2.28. The zero-order chi connectivity index (χ0) is 74.6. The van der Waals surface area contributed by atoms with E-state index in [1.54, 1.807) is 0 Å². The molecular weight excluding hydrogens is 1270 g/mol. The number of unbranched alkanes of at least 4 members (excludes halogenated alkanes) is 34. The summed E-state index contributed by atoms with van der Waals surface area (Å²) < 4.78 is 22.9. The van der Waals surface area contributed by atoms with E-state index in [-0.39, 0.29) is 38.6 Å². The zero-order valence-electron chi connectivity index (χ0n) is 67.1. The van der Waals surface area contributed by atoms with Crippen molar-refractivity contribution in [1.82, 2.24) is 0 Å². The van der Waals surface area contributed by atoms with Gasteiger partial charge in [-0.05, 0) is 128 Å². The third-order valence-corrected chi connectivity index (χ3v) is 18.0. The Hall–Kier alpha value is -5.35. The van der Waals surface area contributed by atoms with Crippen LogP contribution in [0, 0.1) is 0 Å². The summed E-state index contributed by atoms with van der Waals surface area (Å²) >= 11 is 0. The van der Waals surface area contributed by atoms with Crippen molar-refractivity contribution < 1.29 is 42.9 Å². The molecule has 0 spiro atoms. The van der Waals surface area contributed by atoms with Crippen molar-refractivity contribution in [3.05, 3.63) is 170 Å². The van der Waals surface area contributed by atoms with Crippen LogP contribution in [0.3, 0.4) is 0 Å². The van der Waals surface area contributed by atoms with Gasteiger partial charge in [-0.15, -0.1) is 0 Å². The molecule has 586 valence electrons. The summed E-state index contributed by atoms with van der Waals surface area (Å²) in [7, 11) is 5.94. The summed E-state index contributed by atoms with van der Waals surface area (Å²) in [6.07, 6.45) is 121. The Labute approximate surface area is 635 Å². The van der Waals surface area contributed by atoms with E-state index < -0.39 is 24.3 Å². The molecule has 0 aliphatic rings. The molecule has 0 saturated carbocycles. The lowest BCUT2D eigenvalue weighted by atomic mass is 10.0. The van der Waals surface area contributed by atoms with Crippen LogP contribution in [0.2, 0.25) is 0 Å². The van der Waals surface area contributed by atoms with Gasteiger partial charge in [-0.2, -0.15) is 0 Å². The van der Waals surface area contributed by atoms with Gasteiger partial charge in [-0.1, -0.05) is 377 Å². The van der Waals surface area contributed by atoms with Crippen LogP contribution in [0.5, 0.6) is 0 Å². The Bertz CT molecular complexity index is 2310. The molecule has 0 fully saturated rings. The number of carboxylic acids is 1. The van der Waals surface area contributed by atoms with Crippen LogP contribution in [-0.4, -0.2) is 82.3 Å². The van der Waals surface area contributed by atoms with E-state index in [0.29, 0.717) is 17.4 Å². The number of nitrogens with zero attached hydrogens (tertiary/aromatic N) is 1. The van der Waals surface area contributed by atoms with Crippen LogP contribution in [0.4, 0.5) is 0 Å². The van der Waals surface area contributed by atoms with E-state index in [4.69, 9.17) is 18.9 Å². The molecule has 0 heterocycles. The van der Waals surface area contributed by atoms with E-state index in [9.17, 15) is 19.5 Å². The Kier molecular flexibility index (Phi) is 78.0. The number of esters is 2. The summed E-state index contributed by atoms with van der Waals surface area (Å²) in [5, 5.41) is 11.9. The lowest BCUT2D eigenvalue weighted by molar-refractivity contribution is -0.870. The number of rotatable bonds is 77. The molecule has 9 nitrogen and oxygen atoms in total. The van der Waals surface area contributed by atoms with Crippen molar-refractivity contribution in [3.63, 3.8) is 0 Å². The first kappa shape index (κ1) is 97.7. The number of hydrogen-bond acceptors (Lipinski definition) is 8. The molecule has 0 aromatic rings. The highest BCUT2D eigenvalue weighted by molar-refractivity contribution is 5.70. The Morgan fingerprint density at radius 2 is 0.524 bits per heavy atom. The normalized spacial score (nSPS) is 13.5. The molecule has 2 unspecified atom stereocenters. The maximum atomic E-state index is 13.0. The molecule has 0 aliphatic heterocycles. The van der Waals surface area contributed by atoms with Crippen molar-refractivity contribution in [2.24, 2.45) is 0 Å². The first-order chi connectivity index (χ1) is 50.6. The molecule has 9 heteroatoms. The fraction of sp³-hybridized carbons (Fsp3) is 0.670. The van der Waals surface area contributed by atoms with Crippen molar-refractivity contribution >= 4 is 17.9 Å². The third-order valence-electron chi connectivity index (χ3n) is 18.0. The van der Waals surface area contributed by atoms with Crippen LogP contribution in [-0.2, 0) is 33.3 Å². The summed E-state index contributed by atoms with van der Waals surface area (Å²) in [4.78, 5) is 37.7. The fourth-order valence-electron chi connectivity index (χ4n) is 11.6. The second-order valence-corrected chi connectivity index (χ2v) is 29.0. The molecule has 0 aliphatic carbocycles. The average Bonchev–Trinajstić information content (AvgIpc) is 1.01. The first-order valence-corrected chi connectivity index (χ1v) is 42.3. The monoisotopic (exact) mass is 1430 g/mol. The van der Waals surface area contributed by atoms with E-state index >= 15 is 0 Å². The Morgan fingerprint density at radius 1 is 0.291 bits per heavy atom. The minimum absolute atomic E-state index is 0.143. The summed E-state index contributed by atoms with van der Waals surface area (Å²) in [6.45, 7) is 4.54. The van der Waals surface area contributed by atoms with Gasteiger partial charge in [0.05, 0.1) is 40.3 Å². The molecule has 2 atom stereocenters. The topological polar surface area (TPSA) is 111 Å². The van der Waals surface area contributed by atoms with E-state index in [2.05, 4.69) is 184 Å². The smallest absolute Gasteiger partial charge is 0.306 e. The molecule has 0 rings (SSSR count). The molecule has 0 radical (unpaired) electrons. The summed E-state index contributed by atoms with van der Waals surface area (Å²) in [5.41, 5.74) is 0. The molecule has 0 aromatic carbocycles. The van der Waals surface area contributed by atoms with Gasteiger partial charge in [0, 0.05) is 12.8 Å². The first-order valence-electron chi connectivity index (χ1n) is 42.3. The summed E-state index contributed by atoms with van der Waals surface area (Å²) in [6, 6.07) is 0. The van der Waals surface area contributed by atoms with Gasteiger partial charge in [0.2, 0.25) is 0 Å². The maximum absolute atomic E-state index is 13.0. The van der Waals surface area contributed by atoms with Crippen LogP contribution >= 0.6 is 0 Å². The van der Waals surface area contributed by atoms with Crippen molar-refractivity contribution in [1.29, 1.82) is 0 Å². The molecule has 103 heavy (non-hydrogen) atoms. The molecule has 0 N–H and O–H groups in total. The van der Waals surface area contributed by atoms with Gasteiger partial charge in [0.15, 0.2) is 12.4 Å². The lowest BCUT2D eigenvalue weighted by Crippen LogP contribution is -2.44. The zero-order valence-corrected chi connectivity index (χ0v) is 67.1. The van der Waals surface area contributed by atoms with Crippen molar-refractivity contribution in [3.8, 4) is 0 Å². The largest absolute Gasteiger partial charge is 0.545 e. The number of carbonyl (C=O) groups is 3. The van der Waals surface area contributed by atoms with Crippen LogP contribution in [0.1, 0.15) is 348 Å². The van der Waals surface area contributed by atoms with Crippen LogP contribution < -0.4 is 5.11 Å². The Balaban J connectivity index is 4.03. The highest BCUT2D eigenvalue weighted by Crippen LogP contribution is 2.18. The fourth-order valence-corrected chi connectivity index (χ4v) is 11.6. The quantitative estimate of drug-likeness (QED) is 0.0195. The number of quaternary nitrogens is 1. The van der Waals surface area contributed by atoms with E-state index in [1.807, 2.05) is 21.1 Å². The Morgan fingerprint density at radius 3 is 0.777 bits per heavy atom. The van der Waals surface area contributed by atoms with Crippen LogP contribution in [0.25, 0.3) is 0 Å². The number of carbonyl (C=O) groups excluding carboxylic acids is 3. The van der Waals surface area contributed by atoms with Crippen molar-refractivity contribution in [2.45, 2.75) is 360 Å². The van der Waals surface area contributed by atoms with E-state index in [0.717, 1.165) is 128 Å². The highest BCUT2D eigenvalue weighted by Gasteiger charge is 2.22. The van der Waals surface area contributed by atoms with Gasteiger partial charge >= 0.3 is 11.9 Å². The van der Waals surface area contributed by atoms with Gasteiger partial charge in [0.1, 0.15) is 13.2 Å². The third kappa shape index (κ3) is 83.8. The maximum Gasteiger partial charge on any atom is 0.306 e. The number of allylic oxidation sites excluding steroid dienone is 28. The number of hydrogen-bond donors (Lipinski definition) is 0. The highest BCUT2D eigenvalue weighted by atomic mass is 16.7. The average molecular weight is 1430 g/mol. The standard InChI is InChI=1S/C94H157NO8/c1-6-8-10-12-14-16-18-20-22-24-26-28-30-32-34-36-38-40-42-44-45-46-47-49-51-53-55-57-59-61-63-65-67-69-71-73-75-77-79-81-83-85-92(97)103-90(89-102-94(93(98)99)100-87-86-95(3,4)5)88-101-91(96)84-82-80-78-76-74-72-70-68-66-64-62-60-58-56-54-52-50-48-43-41-39-37-35-33-31-29-27-25-23-21-19-17-15-13-11-9-7-2/h8-11,14-17,20-23,26-29,32-35,38,40,44-45,47,49,53,55,90,94H,6-7,12-13,18-19,24-25,30-31,36-37,39,41-43,46,48,50-52,54,56-89H2,1-5H3/b10-8-,11-9-,16-14-,17-15-,22-20-,23-21-,28-26-,29-27-,34-32-,35-33-,40-38-,45-44-,49-47-,55-53-. The van der Waals surface area contributed by atoms with E-state index in [1.165, 1.54) is 186 Å². The van der Waals surface area contributed by atoms with Crippen LogP contribution in [0.15, 0.2) is 170 Å². The number of likely N-dealkylation sites (N-methyl/N-ethyl adjacent to an activating group) is 1. The predicted molar refractivity (Wildman–Crippen MR) is 444 cm³/mol. The van der Waals surface area contributed by atoms with Crippen molar-refractivity contribution in [2.75, 3.05) is 47.5 Å². The lowest BCUT2D eigenvalue weighted by Gasteiger charge is -2.26. The van der Waals surface area contributed by atoms with Gasteiger partial charge in [0.25, 0.3) is 0 Å². The number of carboxylic acid groups (broad SMARTS) is 1. The molecule has 0 amide bonds. The number of aliphatic carboxylic acids is 1. The SMILES string of the molecule is CC/C=C\C/C=C\C/C=C\C/C=C\C/C=C\C/C=C\C/C=C\C/C=C\C/C=C\CCCCCCCCCCCCCCCC(=O)OC(COC(=O)CCCCCCCCCCCCCCCCCCCCCCC/C=C\C/C=C\C/C=C\C/C=C\C/C=C\CC)COC(OCC[N+](C)(C)C)C(=O)[O-]. The second kappa shape index (κ2) is 82.3. The van der Waals surface area contributed by atoms with Gasteiger partial charge < -0.3 is 33.3 Å². The predicted octanol–water partition coefficient (Wildman–Crippen LogP) is 26.4. The molecule has 0 saturated heterocycles.